The van der Waals surface area contributed by atoms with Crippen molar-refractivity contribution in [3.63, 3.8) is 0 Å². The maximum absolute atomic E-state index is 14.0. The molecule has 1 aromatic carbocycles. The molecule has 0 amide bonds. The van der Waals surface area contributed by atoms with Crippen molar-refractivity contribution in [2.24, 2.45) is 0 Å². The molecule has 0 saturated carbocycles. The number of nitrogens with two attached hydrogens (primary N) is 1. The summed E-state index contributed by atoms with van der Waals surface area (Å²) in [5, 5.41) is 11.9. The summed E-state index contributed by atoms with van der Waals surface area (Å²) in [4.78, 5) is 14.8. The van der Waals surface area contributed by atoms with Crippen molar-refractivity contribution in [2.45, 2.75) is 19.1 Å². The van der Waals surface area contributed by atoms with Crippen molar-refractivity contribution in [1.29, 1.82) is 0 Å². The summed E-state index contributed by atoms with van der Waals surface area (Å²) in [6.07, 6.45) is 1.36. The highest BCUT2D eigenvalue weighted by Gasteiger charge is 2.28. The number of carboxylic acids is 1. The van der Waals surface area contributed by atoms with Crippen LogP contribution in [0.3, 0.4) is 0 Å². The number of carboxylic acid groups (broad SMARTS) is 1. The van der Waals surface area contributed by atoms with Gasteiger partial charge in [-0.2, -0.15) is 0 Å². The number of hydrogen-bond donors (Lipinski definition) is 3. The number of nitrogen functional groups attached to an aromatic ring is 1. The molecule has 1 unspecified atom stereocenters. The normalized spacial score (nSPS) is 17.5. The van der Waals surface area contributed by atoms with E-state index in [1.54, 1.807) is 4.57 Å². The fourth-order valence-corrected chi connectivity index (χ4v) is 2.51. The van der Waals surface area contributed by atoms with Gasteiger partial charge in [-0.15, -0.1) is 0 Å². The topological polar surface area (TPSA) is 93.2 Å². The van der Waals surface area contributed by atoms with Crippen LogP contribution < -0.4 is 11.1 Å². The van der Waals surface area contributed by atoms with Gasteiger partial charge in [0.25, 0.3) is 0 Å². The van der Waals surface area contributed by atoms with Crippen LogP contribution >= 0.6 is 0 Å². The van der Waals surface area contributed by atoms with E-state index >= 15 is 0 Å². The van der Waals surface area contributed by atoms with Gasteiger partial charge in [0.05, 0.1) is 23.8 Å². The number of benzene rings is 1. The first-order chi connectivity index (χ1) is 9.99. The highest BCUT2D eigenvalue weighted by atomic mass is 19.1. The Hall–Kier alpha value is -2.48. The van der Waals surface area contributed by atoms with Gasteiger partial charge in [-0.3, -0.25) is 0 Å². The van der Waals surface area contributed by atoms with E-state index in [0.29, 0.717) is 5.69 Å². The molecule has 1 aliphatic rings. The highest BCUT2D eigenvalue weighted by Crippen LogP contribution is 2.29. The minimum atomic E-state index is -1.13. The number of carbonyl (C=O) groups is 1. The van der Waals surface area contributed by atoms with E-state index < -0.39 is 23.6 Å². The van der Waals surface area contributed by atoms with E-state index in [-0.39, 0.29) is 30.0 Å². The standard InChI is InChI=1S/C13H12F2N4O2/c14-6-1-2-7(16)11(15)10(6)8-4-19-5-18-12(13(20)21)9(19)3-17-8/h1-2,5,8,17H,3-4,16H2,(H,20,21). The molecule has 110 valence electrons. The second kappa shape index (κ2) is 4.81. The molecule has 0 aliphatic carbocycles. The molecule has 8 heteroatoms. The van der Waals surface area contributed by atoms with E-state index in [1.165, 1.54) is 12.4 Å². The SMILES string of the molecule is Nc1ccc(F)c(C2Cn3cnc(C(=O)O)c3CN2)c1F. The van der Waals surface area contributed by atoms with Crippen LogP contribution in [0.25, 0.3) is 0 Å². The van der Waals surface area contributed by atoms with E-state index in [9.17, 15) is 13.6 Å². The van der Waals surface area contributed by atoms with Crippen LogP contribution in [0.2, 0.25) is 0 Å². The maximum atomic E-state index is 14.0. The quantitative estimate of drug-likeness (QED) is 0.726. The van der Waals surface area contributed by atoms with Crippen LogP contribution in [0.1, 0.15) is 27.8 Å². The zero-order valence-corrected chi connectivity index (χ0v) is 10.8. The Kier molecular flexibility index (Phi) is 3.09. The lowest BCUT2D eigenvalue weighted by Crippen LogP contribution is -2.34. The van der Waals surface area contributed by atoms with Crippen molar-refractivity contribution in [1.82, 2.24) is 14.9 Å². The molecule has 0 fully saturated rings. The van der Waals surface area contributed by atoms with Crippen LogP contribution in [-0.4, -0.2) is 20.6 Å². The van der Waals surface area contributed by atoms with E-state index in [0.717, 1.165) is 6.07 Å². The van der Waals surface area contributed by atoms with Crippen LogP contribution in [0, 0.1) is 11.6 Å². The first-order valence-electron chi connectivity index (χ1n) is 6.23. The molecule has 2 aromatic rings. The summed E-state index contributed by atoms with van der Waals surface area (Å²) in [6.45, 7) is 0.326. The third kappa shape index (κ3) is 2.13. The smallest absolute Gasteiger partial charge is 0.356 e. The highest BCUT2D eigenvalue weighted by molar-refractivity contribution is 5.86. The first kappa shape index (κ1) is 13.5. The lowest BCUT2D eigenvalue weighted by Gasteiger charge is -2.27. The van der Waals surface area contributed by atoms with Crippen LogP contribution in [0.4, 0.5) is 14.5 Å². The number of nitrogens with zero attached hydrogens (tertiary/aromatic N) is 2. The van der Waals surface area contributed by atoms with Gasteiger partial charge in [0.1, 0.15) is 5.82 Å². The molecule has 3 rings (SSSR count). The number of imidazole rings is 1. The lowest BCUT2D eigenvalue weighted by atomic mass is 10.0. The number of anilines is 1. The fourth-order valence-electron chi connectivity index (χ4n) is 2.51. The zero-order valence-electron chi connectivity index (χ0n) is 10.8. The minimum absolute atomic E-state index is 0.0607. The predicted octanol–water partition coefficient (Wildman–Crippen LogP) is 1.29. The molecule has 4 N–H and O–H groups in total. The molecule has 6 nitrogen and oxygen atoms in total. The molecule has 0 bridgehead atoms. The van der Waals surface area contributed by atoms with Gasteiger partial charge < -0.3 is 20.7 Å². The second-order valence-electron chi connectivity index (χ2n) is 4.80. The summed E-state index contributed by atoms with van der Waals surface area (Å²) in [5.41, 5.74) is 5.61. The van der Waals surface area contributed by atoms with Crippen LogP contribution in [0.15, 0.2) is 18.5 Å². The Morgan fingerprint density at radius 3 is 2.95 bits per heavy atom. The van der Waals surface area contributed by atoms with E-state index in [1.807, 2.05) is 0 Å². The van der Waals surface area contributed by atoms with Gasteiger partial charge in [0, 0.05) is 18.7 Å². The number of nitrogens with one attached hydrogen (secondary N) is 1. The van der Waals surface area contributed by atoms with E-state index in [4.69, 9.17) is 10.8 Å². The number of rotatable bonds is 2. The Morgan fingerprint density at radius 2 is 2.24 bits per heavy atom. The van der Waals surface area contributed by atoms with Gasteiger partial charge in [-0.05, 0) is 12.1 Å². The average Bonchev–Trinajstić information content (AvgIpc) is 2.87. The monoisotopic (exact) mass is 294 g/mol. The average molecular weight is 294 g/mol. The molecule has 2 heterocycles. The lowest BCUT2D eigenvalue weighted by molar-refractivity contribution is 0.0688. The van der Waals surface area contributed by atoms with Crippen molar-refractivity contribution < 1.29 is 18.7 Å². The molecule has 0 saturated heterocycles. The Morgan fingerprint density at radius 1 is 1.48 bits per heavy atom. The third-order valence-electron chi connectivity index (χ3n) is 3.55. The number of halogens is 2. The van der Waals surface area contributed by atoms with Crippen molar-refractivity contribution in [3.05, 3.63) is 47.0 Å². The Bertz CT molecular complexity index is 729. The summed E-state index contributed by atoms with van der Waals surface area (Å²) in [5.74, 6) is -2.62. The van der Waals surface area contributed by atoms with Crippen LogP contribution in [0.5, 0.6) is 0 Å². The molecular weight excluding hydrogens is 282 g/mol. The number of fused-ring (bicyclic) bond motifs is 1. The summed E-state index contributed by atoms with van der Waals surface area (Å²) < 4.78 is 29.5. The fraction of sp³-hybridized carbons (Fsp3) is 0.231. The summed E-state index contributed by atoms with van der Waals surface area (Å²) >= 11 is 0. The van der Waals surface area contributed by atoms with Gasteiger partial charge in [0.15, 0.2) is 11.5 Å². The summed E-state index contributed by atoms with van der Waals surface area (Å²) in [6, 6.07) is 1.64. The Labute approximate surface area is 118 Å². The largest absolute Gasteiger partial charge is 0.476 e. The second-order valence-corrected chi connectivity index (χ2v) is 4.80. The molecule has 1 atom stereocenters. The van der Waals surface area contributed by atoms with Crippen molar-refractivity contribution in [3.8, 4) is 0 Å². The molecule has 21 heavy (non-hydrogen) atoms. The zero-order chi connectivity index (χ0) is 15.1. The van der Waals surface area contributed by atoms with Crippen LogP contribution in [-0.2, 0) is 13.1 Å². The van der Waals surface area contributed by atoms with Gasteiger partial charge >= 0.3 is 5.97 Å². The minimum Gasteiger partial charge on any atom is -0.476 e. The van der Waals surface area contributed by atoms with Gasteiger partial charge in [-0.25, -0.2) is 18.6 Å². The van der Waals surface area contributed by atoms with Gasteiger partial charge in [0.2, 0.25) is 0 Å². The molecular formula is C13H12F2N4O2. The number of aromatic nitrogens is 2. The Balaban J connectivity index is 1.98. The number of aromatic carboxylic acids is 1. The molecule has 0 spiro atoms. The molecule has 1 aromatic heterocycles. The molecule has 1 aliphatic heterocycles. The predicted molar refractivity (Wildman–Crippen MR) is 69.5 cm³/mol. The van der Waals surface area contributed by atoms with Crippen molar-refractivity contribution >= 4 is 11.7 Å². The first-order valence-corrected chi connectivity index (χ1v) is 6.23. The van der Waals surface area contributed by atoms with E-state index in [2.05, 4.69) is 10.3 Å². The van der Waals surface area contributed by atoms with Gasteiger partial charge in [-0.1, -0.05) is 0 Å². The number of hydrogen-bond acceptors (Lipinski definition) is 4. The third-order valence-corrected chi connectivity index (χ3v) is 3.55. The maximum Gasteiger partial charge on any atom is 0.356 e. The molecule has 0 radical (unpaired) electrons. The van der Waals surface area contributed by atoms with Crippen molar-refractivity contribution in [2.75, 3.05) is 5.73 Å². The summed E-state index contributed by atoms with van der Waals surface area (Å²) in [7, 11) is 0.